The van der Waals surface area contributed by atoms with Crippen molar-refractivity contribution < 1.29 is 9.53 Å². The number of carbonyl (C=O) groups excluding carboxylic acids is 1. The number of primary amides is 1. The quantitative estimate of drug-likeness (QED) is 0.544. The Balaban J connectivity index is 2.05. The van der Waals surface area contributed by atoms with Gasteiger partial charge in [0.1, 0.15) is 5.75 Å². The Kier molecular flexibility index (Phi) is 4.55. The van der Waals surface area contributed by atoms with Crippen molar-refractivity contribution >= 4 is 27.7 Å². The van der Waals surface area contributed by atoms with Crippen LogP contribution in [0.15, 0.2) is 54.6 Å². The molecular formula is C24H23N2O2. The number of ether oxygens (including phenoxy) is 1. The lowest BCUT2D eigenvalue weighted by molar-refractivity contribution is 0.100. The highest BCUT2D eigenvalue weighted by molar-refractivity contribution is 6.17. The van der Waals surface area contributed by atoms with Gasteiger partial charge >= 0.3 is 0 Å². The highest BCUT2D eigenvalue weighted by Gasteiger charge is 2.18. The van der Waals surface area contributed by atoms with E-state index < -0.39 is 5.91 Å². The molecular weight excluding hydrogens is 348 g/mol. The third kappa shape index (κ3) is 2.91. The van der Waals surface area contributed by atoms with Crippen LogP contribution in [0.3, 0.4) is 0 Å². The number of hydrogen-bond donors (Lipinski definition) is 1. The average Bonchev–Trinajstić information content (AvgIpc) is 3.01. The molecule has 4 rings (SSSR count). The van der Waals surface area contributed by atoms with Crippen LogP contribution in [0, 0.1) is 6.07 Å². The summed E-state index contributed by atoms with van der Waals surface area (Å²) in [6.45, 7) is 4.95. The Morgan fingerprint density at radius 3 is 2.64 bits per heavy atom. The molecule has 3 aromatic carbocycles. The SMILES string of the molecule is COc1ccccc1Cn1c2cc(C(C)C)c[c]c2c2c(C(N)=O)cccc21. The molecule has 4 heteroatoms. The largest absolute Gasteiger partial charge is 0.496 e. The van der Waals surface area contributed by atoms with Crippen molar-refractivity contribution in [2.24, 2.45) is 5.73 Å². The van der Waals surface area contributed by atoms with Crippen LogP contribution in [0.4, 0.5) is 0 Å². The van der Waals surface area contributed by atoms with E-state index in [1.165, 1.54) is 5.56 Å². The summed E-state index contributed by atoms with van der Waals surface area (Å²) in [6.07, 6.45) is 0. The number of nitrogens with zero attached hydrogens (tertiary/aromatic N) is 1. The molecule has 141 valence electrons. The van der Waals surface area contributed by atoms with Gasteiger partial charge in [0.2, 0.25) is 5.91 Å². The van der Waals surface area contributed by atoms with E-state index in [2.05, 4.69) is 36.6 Å². The number of aromatic nitrogens is 1. The fraction of sp³-hybridized carbons (Fsp3) is 0.208. The van der Waals surface area contributed by atoms with Crippen LogP contribution in [0.1, 0.15) is 41.3 Å². The number of methoxy groups -OCH3 is 1. The fourth-order valence-electron chi connectivity index (χ4n) is 3.78. The molecule has 0 saturated carbocycles. The van der Waals surface area contributed by atoms with E-state index in [0.717, 1.165) is 33.1 Å². The standard InChI is InChI=1S/C24H23N2O2/c1-15(2)16-11-12-18-21(13-16)26(14-17-7-4-5-10-22(17)28-3)20-9-6-8-19(23(18)20)24(25)27/h4-11,13,15H,14H2,1-3H3,(H2,25,27). The Hall–Kier alpha value is -3.27. The molecule has 4 nitrogen and oxygen atoms in total. The molecule has 0 aliphatic heterocycles. The molecule has 0 aliphatic carbocycles. The summed E-state index contributed by atoms with van der Waals surface area (Å²) in [4.78, 5) is 12.1. The van der Waals surface area contributed by atoms with Gasteiger partial charge in [0.05, 0.1) is 24.7 Å². The molecule has 0 aliphatic rings. The topological polar surface area (TPSA) is 57.2 Å². The summed E-state index contributed by atoms with van der Waals surface area (Å²) in [5.41, 5.74) is 10.5. The molecule has 0 atom stereocenters. The summed E-state index contributed by atoms with van der Waals surface area (Å²) in [5, 5.41) is 1.78. The minimum atomic E-state index is -0.428. The van der Waals surface area contributed by atoms with Gasteiger partial charge in [-0.15, -0.1) is 0 Å². The highest BCUT2D eigenvalue weighted by atomic mass is 16.5. The first-order valence-electron chi connectivity index (χ1n) is 9.39. The molecule has 0 fully saturated rings. The van der Waals surface area contributed by atoms with Gasteiger partial charge in [0.15, 0.2) is 0 Å². The van der Waals surface area contributed by atoms with E-state index in [1.54, 1.807) is 13.2 Å². The molecule has 0 saturated heterocycles. The number of benzene rings is 3. The Morgan fingerprint density at radius 1 is 1.14 bits per heavy atom. The minimum absolute atomic E-state index is 0.383. The van der Waals surface area contributed by atoms with E-state index in [1.807, 2.05) is 36.4 Å². The zero-order chi connectivity index (χ0) is 19.8. The second-order valence-corrected chi connectivity index (χ2v) is 7.31. The van der Waals surface area contributed by atoms with Crippen LogP contribution >= 0.6 is 0 Å². The molecule has 2 N–H and O–H groups in total. The van der Waals surface area contributed by atoms with Gasteiger partial charge in [-0.1, -0.05) is 44.2 Å². The third-order valence-electron chi connectivity index (χ3n) is 5.27. The van der Waals surface area contributed by atoms with E-state index in [4.69, 9.17) is 10.5 Å². The van der Waals surface area contributed by atoms with Gasteiger partial charge in [-0.05, 0) is 41.8 Å². The van der Waals surface area contributed by atoms with Crippen LogP contribution in [0.25, 0.3) is 21.8 Å². The summed E-state index contributed by atoms with van der Waals surface area (Å²) in [6, 6.07) is 21.3. The van der Waals surface area contributed by atoms with Crippen LogP contribution in [-0.4, -0.2) is 17.6 Å². The molecule has 0 unspecified atom stereocenters. The second kappa shape index (κ2) is 7.04. The van der Waals surface area contributed by atoms with E-state index in [-0.39, 0.29) is 0 Å². The molecule has 1 amide bonds. The van der Waals surface area contributed by atoms with Gasteiger partial charge in [-0.25, -0.2) is 0 Å². The molecule has 28 heavy (non-hydrogen) atoms. The number of hydrogen-bond acceptors (Lipinski definition) is 2. The van der Waals surface area contributed by atoms with Gasteiger partial charge in [0, 0.05) is 21.9 Å². The maximum atomic E-state index is 12.1. The lowest BCUT2D eigenvalue weighted by Gasteiger charge is -2.12. The van der Waals surface area contributed by atoms with Crippen molar-refractivity contribution in [1.29, 1.82) is 0 Å². The number of amides is 1. The molecule has 1 aromatic heterocycles. The van der Waals surface area contributed by atoms with Crippen molar-refractivity contribution in [3.8, 4) is 5.75 Å². The van der Waals surface area contributed by atoms with E-state index in [0.29, 0.717) is 18.0 Å². The van der Waals surface area contributed by atoms with Crippen molar-refractivity contribution in [2.45, 2.75) is 26.3 Å². The van der Waals surface area contributed by atoms with Gasteiger partial charge < -0.3 is 15.0 Å². The first-order valence-corrected chi connectivity index (χ1v) is 9.39. The van der Waals surface area contributed by atoms with Crippen LogP contribution in [0.2, 0.25) is 0 Å². The predicted molar refractivity (Wildman–Crippen MR) is 113 cm³/mol. The van der Waals surface area contributed by atoms with Crippen LogP contribution < -0.4 is 10.5 Å². The third-order valence-corrected chi connectivity index (χ3v) is 5.27. The summed E-state index contributed by atoms with van der Waals surface area (Å²) in [7, 11) is 1.68. The zero-order valence-corrected chi connectivity index (χ0v) is 16.3. The predicted octanol–water partition coefficient (Wildman–Crippen LogP) is 4.87. The lowest BCUT2D eigenvalue weighted by atomic mass is 10.00. The van der Waals surface area contributed by atoms with Crippen LogP contribution in [-0.2, 0) is 6.54 Å². The smallest absolute Gasteiger partial charge is 0.249 e. The van der Waals surface area contributed by atoms with Crippen LogP contribution in [0.5, 0.6) is 5.75 Å². The number of fused-ring (bicyclic) bond motifs is 3. The maximum Gasteiger partial charge on any atom is 0.249 e. The Bertz CT molecular complexity index is 1190. The van der Waals surface area contributed by atoms with E-state index >= 15 is 0 Å². The van der Waals surface area contributed by atoms with Gasteiger partial charge in [-0.2, -0.15) is 0 Å². The number of nitrogens with two attached hydrogens (primary N) is 1. The van der Waals surface area contributed by atoms with Gasteiger partial charge in [0.25, 0.3) is 0 Å². The molecule has 0 spiro atoms. The Labute approximate surface area is 164 Å². The number of carbonyl (C=O) groups is 1. The van der Waals surface area contributed by atoms with Crippen molar-refractivity contribution in [3.63, 3.8) is 0 Å². The summed E-state index contributed by atoms with van der Waals surface area (Å²) >= 11 is 0. The fourth-order valence-corrected chi connectivity index (χ4v) is 3.78. The highest BCUT2D eigenvalue weighted by Crippen LogP contribution is 2.34. The number of rotatable bonds is 5. The Morgan fingerprint density at radius 2 is 1.93 bits per heavy atom. The average molecular weight is 371 g/mol. The number of para-hydroxylation sites is 1. The van der Waals surface area contributed by atoms with Gasteiger partial charge in [-0.3, -0.25) is 4.79 Å². The van der Waals surface area contributed by atoms with E-state index in [9.17, 15) is 4.79 Å². The molecule has 1 heterocycles. The second-order valence-electron chi connectivity index (χ2n) is 7.31. The van der Waals surface area contributed by atoms with Crippen molar-refractivity contribution in [1.82, 2.24) is 4.57 Å². The molecule has 0 bridgehead atoms. The monoisotopic (exact) mass is 371 g/mol. The first kappa shape index (κ1) is 18.1. The minimum Gasteiger partial charge on any atom is -0.496 e. The maximum absolute atomic E-state index is 12.1. The first-order chi connectivity index (χ1) is 13.5. The normalized spacial score (nSPS) is 11.4. The summed E-state index contributed by atoms with van der Waals surface area (Å²) < 4.78 is 7.77. The van der Waals surface area contributed by atoms with Crippen molar-refractivity contribution in [3.05, 3.63) is 77.4 Å². The lowest BCUT2D eigenvalue weighted by Crippen LogP contribution is -2.11. The zero-order valence-electron chi connectivity index (χ0n) is 16.3. The van der Waals surface area contributed by atoms with Crippen molar-refractivity contribution in [2.75, 3.05) is 7.11 Å². The summed E-state index contributed by atoms with van der Waals surface area (Å²) in [5.74, 6) is 0.796. The molecule has 4 aromatic rings. The molecule has 1 radical (unpaired) electrons.